The predicted molar refractivity (Wildman–Crippen MR) is 72.5 cm³/mol. The normalized spacial score (nSPS) is 27.3. The van der Waals surface area contributed by atoms with Gasteiger partial charge in [0, 0.05) is 13.1 Å². The highest BCUT2D eigenvalue weighted by Gasteiger charge is 2.47. The molecule has 0 radical (unpaired) electrons. The molecule has 0 saturated carbocycles. The summed E-state index contributed by atoms with van der Waals surface area (Å²) in [6, 6.07) is -0.156. The van der Waals surface area contributed by atoms with Crippen molar-refractivity contribution in [3.05, 3.63) is 0 Å². The molecule has 3 N–H and O–H groups in total. The van der Waals surface area contributed by atoms with Crippen molar-refractivity contribution < 1.29 is 24.2 Å². The molecule has 8 nitrogen and oxygen atoms in total. The summed E-state index contributed by atoms with van der Waals surface area (Å²) >= 11 is 0. The number of carbonyl (C=O) groups is 3. The van der Waals surface area contributed by atoms with Gasteiger partial charge in [0.2, 0.25) is 5.91 Å². The minimum atomic E-state index is -1.03. The van der Waals surface area contributed by atoms with Crippen LogP contribution in [0.3, 0.4) is 0 Å². The first kappa shape index (κ1) is 15.6. The largest absolute Gasteiger partial charge is 0.480 e. The number of amides is 3. The number of carbonyl (C=O) groups excluding carboxylic acids is 2. The number of primary amides is 1. The smallest absolute Gasteiger partial charge is 0.329 e. The van der Waals surface area contributed by atoms with Gasteiger partial charge in [0.1, 0.15) is 12.2 Å². The van der Waals surface area contributed by atoms with Gasteiger partial charge in [-0.2, -0.15) is 0 Å². The fraction of sp³-hybridized carbons (Fsp3) is 0.769. The first-order valence-electron chi connectivity index (χ1n) is 6.85. The van der Waals surface area contributed by atoms with Gasteiger partial charge in [0.25, 0.3) is 0 Å². The van der Waals surface area contributed by atoms with E-state index in [1.54, 1.807) is 23.6 Å². The van der Waals surface area contributed by atoms with E-state index in [4.69, 9.17) is 15.6 Å². The zero-order chi connectivity index (χ0) is 15.8. The maximum atomic E-state index is 12.3. The molecule has 118 valence electrons. The Bertz CT molecular complexity index is 474. The van der Waals surface area contributed by atoms with Crippen LogP contribution in [0.1, 0.15) is 20.3 Å². The van der Waals surface area contributed by atoms with Gasteiger partial charge in [-0.1, -0.05) is 0 Å². The minimum Gasteiger partial charge on any atom is -0.480 e. The van der Waals surface area contributed by atoms with E-state index in [9.17, 15) is 14.4 Å². The third-order valence-electron chi connectivity index (χ3n) is 4.20. The van der Waals surface area contributed by atoms with Crippen LogP contribution in [0.5, 0.6) is 0 Å². The molecule has 2 rings (SSSR count). The molecule has 0 bridgehead atoms. The molecule has 8 heteroatoms. The summed E-state index contributed by atoms with van der Waals surface area (Å²) in [6.07, 6.45) is 0.564. The number of hydrogen-bond donors (Lipinski definition) is 2. The Kier molecular flexibility index (Phi) is 3.83. The van der Waals surface area contributed by atoms with Crippen LogP contribution in [0.4, 0.5) is 4.79 Å². The maximum absolute atomic E-state index is 12.3. The first-order chi connectivity index (χ1) is 9.65. The number of carboxylic acids is 1. The highest BCUT2D eigenvalue weighted by Crippen LogP contribution is 2.32. The predicted octanol–water partition coefficient (Wildman–Crippen LogP) is -0.521. The van der Waals surface area contributed by atoms with E-state index >= 15 is 0 Å². The van der Waals surface area contributed by atoms with Crippen molar-refractivity contribution in [1.82, 2.24) is 9.80 Å². The monoisotopic (exact) mass is 299 g/mol. The van der Waals surface area contributed by atoms with Gasteiger partial charge in [-0.3, -0.25) is 4.79 Å². The van der Waals surface area contributed by atoms with Crippen molar-refractivity contribution in [3.8, 4) is 0 Å². The molecule has 2 aliphatic heterocycles. The van der Waals surface area contributed by atoms with Crippen LogP contribution >= 0.6 is 0 Å². The molecule has 1 unspecified atom stereocenters. The molecule has 0 spiro atoms. The molecule has 2 aliphatic rings. The Morgan fingerprint density at radius 2 is 1.81 bits per heavy atom. The molecule has 0 aliphatic carbocycles. The average molecular weight is 299 g/mol. The van der Waals surface area contributed by atoms with Gasteiger partial charge in [-0.15, -0.1) is 0 Å². The fourth-order valence-electron chi connectivity index (χ4n) is 2.75. The molecular weight excluding hydrogens is 278 g/mol. The van der Waals surface area contributed by atoms with Crippen LogP contribution in [0.2, 0.25) is 0 Å². The van der Waals surface area contributed by atoms with Gasteiger partial charge in [-0.25, -0.2) is 9.59 Å². The minimum absolute atomic E-state index is 0.156. The van der Waals surface area contributed by atoms with Crippen molar-refractivity contribution in [1.29, 1.82) is 0 Å². The van der Waals surface area contributed by atoms with E-state index in [0.29, 0.717) is 32.6 Å². The summed E-state index contributed by atoms with van der Waals surface area (Å²) in [4.78, 5) is 37.4. The molecule has 0 aromatic carbocycles. The number of ether oxygens (including phenoxy) is 1. The summed E-state index contributed by atoms with van der Waals surface area (Å²) < 4.78 is 5.26. The molecule has 0 aromatic rings. The molecule has 3 amide bonds. The molecule has 0 aromatic heterocycles. The number of urea groups is 1. The molecule has 21 heavy (non-hydrogen) atoms. The van der Waals surface area contributed by atoms with Crippen molar-refractivity contribution >= 4 is 17.9 Å². The third kappa shape index (κ3) is 3.10. The Balaban J connectivity index is 1.85. The van der Waals surface area contributed by atoms with Crippen molar-refractivity contribution in [3.63, 3.8) is 0 Å². The lowest BCUT2D eigenvalue weighted by Crippen LogP contribution is -2.65. The lowest BCUT2D eigenvalue weighted by Gasteiger charge is -2.48. The number of nitrogens with zero attached hydrogens (tertiary/aromatic N) is 2. The molecule has 2 fully saturated rings. The summed E-state index contributed by atoms with van der Waals surface area (Å²) in [5, 5.41) is 8.60. The van der Waals surface area contributed by atoms with Gasteiger partial charge in [0.05, 0.1) is 18.5 Å². The summed E-state index contributed by atoms with van der Waals surface area (Å²) in [5.74, 6) is -1.42. The zero-order valence-corrected chi connectivity index (χ0v) is 12.3. The Morgan fingerprint density at radius 3 is 2.29 bits per heavy atom. The summed E-state index contributed by atoms with van der Waals surface area (Å²) in [6.45, 7) is 4.69. The molecule has 1 atom stereocenters. The Labute approximate surface area is 122 Å². The Hall–Kier alpha value is -1.83. The van der Waals surface area contributed by atoms with Gasteiger partial charge in [-0.05, 0) is 20.3 Å². The van der Waals surface area contributed by atoms with Crippen molar-refractivity contribution in [2.24, 2.45) is 11.1 Å². The number of rotatable bonds is 4. The highest BCUT2D eigenvalue weighted by molar-refractivity contribution is 5.83. The number of aliphatic carboxylic acids is 1. The summed E-state index contributed by atoms with van der Waals surface area (Å²) in [5.41, 5.74) is 4.09. The molecular formula is C13H21N3O5. The van der Waals surface area contributed by atoms with Crippen molar-refractivity contribution in [2.75, 3.05) is 32.8 Å². The fourth-order valence-corrected chi connectivity index (χ4v) is 2.75. The van der Waals surface area contributed by atoms with Crippen LogP contribution in [0, 0.1) is 5.41 Å². The lowest BCUT2D eigenvalue weighted by molar-refractivity contribution is -0.160. The van der Waals surface area contributed by atoms with E-state index in [1.807, 2.05) is 0 Å². The molecule has 2 heterocycles. The van der Waals surface area contributed by atoms with E-state index in [2.05, 4.69) is 0 Å². The topological polar surface area (TPSA) is 113 Å². The third-order valence-corrected chi connectivity index (χ3v) is 4.20. The van der Waals surface area contributed by atoms with Gasteiger partial charge in [0.15, 0.2) is 0 Å². The van der Waals surface area contributed by atoms with Crippen LogP contribution < -0.4 is 5.73 Å². The second kappa shape index (κ2) is 5.18. The van der Waals surface area contributed by atoms with Crippen LogP contribution in [0.15, 0.2) is 0 Å². The first-order valence-corrected chi connectivity index (χ1v) is 6.85. The van der Waals surface area contributed by atoms with E-state index in [0.717, 1.165) is 0 Å². The van der Waals surface area contributed by atoms with E-state index in [1.165, 1.54) is 0 Å². The van der Waals surface area contributed by atoms with E-state index < -0.39 is 22.9 Å². The number of carboxylic acid groups (broad SMARTS) is 1. The number of nitrogens with two attached hydrogens (primary N) is 1. The SMILES string of the molecule is CC1(OCC(=O)O)CN(C(=O)N2CCC(C)(C(N)=O)C2)C1. The highest BCUT2D eigenvalue weighted by atomic mass is 16.5. The van der Waals surface area contributed by atoms with Crippen LogP contribution in [-0.4, -0.2) is 71.2 Å². The average Bonchev–Trinajstić information content (AvgIpc) is 2.76. The van der Waals surface area contributed by atoms with Gasteiger partial charge < -0.3 is 25.4 Å². The second-order valence-electron chi connectivity index (χ2n) is 6.37. The lowest BCUT2D eigenvalue weighted by atomic mass is 9.89. The van der Waals surface area contributed by atoms with Gasteiger partial charge >= 0.3 is 12.0 Å². The Morgan fingerprint density at radius 1 is 1.19 bits per heavy atom. The van der Waals surface area contributed by atoms with Crippen LogP contribution in [-0.2, 0) is 14.3 Å². The van der Waals surface area contributed by atoms with Crippen LogP contribution in [0.25, 0.3) is 0 Å². The molecule has 2 saturated heterocycles. The second-order valence-corrected chi connectivity index (χ2v) is 6.37. The standard InChI is InChI=1S/C13H21N3O5/c1-12(10(14)19)3-4-15(6-12)11(20)16-7-13(2,8-16)21-5-9(17)18/h3-8H2,1-2H3,(H2,14,19)(H,17,18). The quantitative estimate of drug-likeness (QED) is 0.725. The van der Waals surface area contributed by atoms with E-state index in [-0.39, 0.29) is 12.6 Å². The zero-order valence-electron chi connectivity index (χ0n) is 12.3. The number of likely N-dealkylation sites (tertiary alicyclic amines) is 2. The maximum Gasteiger partial charge on any atom is 0.329 e. The number of hydrogen-bond acceptors (Lipinski definition) is 4. The summed E-state index contributed by atoms with van der Waals surface area (Å²) in [7, 11) is 0. The van der Waals surface area contributed by atoms with Crippen molar-refractivity contribution in [2.45, 2.75) is 25.9 Å².